The van der Waals surface area contributed by atoms with Crippen molar-refractivity contribution in [2.45, 2.75) is 19.9 Å². The smallest absolute Gasteiger partial charge is 0.319 e. The minimum absolute atomic E-state index is 0.228. The molecule has 22 heavy (non-hydrogen) atoms. The van der Waals surface area contributed by atoms with Crippen molar-refractivity contribution >= 4 is 11.7 Å². The van der Waals surface area contributed by atoms with Crippen molar-refractivity contribution in [3.05, 3.63) is 41.9 Å². The topological polar surface area (TPSA) is 72.7 Å². The van der Waals surface area contributed by atoms with Crippen LogP contribution in [0.2, 0.25) is 0 Å². The third-order valence-electron chi connectivity index (χ3n) is 3.18. The average molecular weight is 304 g/mol. The maximum Gasteiger partial charge on any atom is 0.319 e. The van der Waals surface area contributed by atoms with Crippen LogP contribution in [-0.2, 0) is 0 Å². The number of ether oxygens (including phenoxy) is 2. The van der Waals surface area contributed by atoms with E-state index in [2.05, 4.69) is 10.6 Å². The molecule has 1 heterocycles. The predicted octanol–water partition coefficient (Wildman–Crippen LogP) is 3.49. The van der Waals surface area contributed by atoms with Crippen molar-refractivity contribution in [3.63, 3.8) is 0 Å². The van der Waals surface area contributed by atoms with Crippen molar-refractivity contribution in [3.8, 4) is 11.5 Å². The van der Waals surface area contributed by atoms with E-state index in [9.17, 15) is 4.79 Å². The zero-order valence-electron chi connectivity index (χ0n) is 13.1. The van der Waals surface area contributed by atoms with Gasteiger partial charge in [-0.15, -0.1) is 0 Å². The number of nitrogens with one attached hydrogen (secondary N) is 2. The van der Waals surface area contributed by atoms with Crippen molar-refractivity contribution in [1.29, 1.82) is 0 Å². The van der Waals surface area contributed by atoms with Crippen LogP contribution in [0.4, 0.5) is 10.5 Å². The lowest BCUT2D eigenvalue weighted by Crippen LogP contribution is -2.30. The summed E-state index contributed by atoms with van der Waals surface area (Å²) in [6, 6.07) is 8.31. The molecule has 0 aliphatic carbocycles. The zero-order valence-corrected chi connectivity index (χ0v) is 13.1. The van der Waals surface area contributed by atoms with E-state index >= 15 is 0 Å². The van der Waals surface area contributed by atoms with E-state index in [0.29, 0.717) is 22.9 Å². The summed E-state index contributed by atoms with van der Waals surface area (Å²) in [6.45, 7) is 3.71. The first kappa shape index (κ1) is 15.8. The Bertz CT molecular complexity index is 651. The summed E-state index contributed by atoms with van der Waals surface area (Å²) in [5.41, 5.74) is 0.609. The molecule has 0 unspecified atom stereocenters. The van der Waals surface area contributed by atoms with E-state index in [1.165, 1.54) is 0 Å². The molecule has 6 heteroatoms. The van der Waals surface area contributed by atoms with Gasteiger partial charge in [-0.2, -0.15) is 0 Å². The minimum atomic E-state index is -0.325. The first-order chi connectivity index (χ1) is 10.5. The molecule has 2 N–H and O–H groups in total. The van der Waals surface area contributed by atoms with E-state index in [4.69, 9.17) is 13.9 Å². The van der Waals surface area contributed by atoms with Crippen LogP contribution in [0.3, 0.4) is 0 Å². The second-order valence-corrected chi connectivity index (χ2v) is 4.84. The Kier molecular flexibility index (Phi) is 4.93. The molecule has 0 aliphatic rings. The lowest BCUT2D eigenvalue weighted by Gasteiger charge is -2.14. The fourth-order valence-electron chi connectivity index (χ4n) is 2.04. The standard InChI is InChI=1S/C16H20N2O4/c1-10-5-7-13(22-10)11(2)17-16(19)18-12-6-8-14(20-3)15(9-12)21-4/h5-9,11H,1-4H3,(H2,17,18,19)/t11-/m1/s1. The quantitative estimate of drug-likeness (QED) is 0.887. The molecule has 0 aliphatic heterocycles. The van der Waals surface area contributed by atoms with Gasteiger partial charge in [0.25, 0.3) is 0 Å². The molecule has 0 fully saturated rings. The van der Waals surface area contributed by atoms with Gasteiger partial charge in [0.1, 0.15) is 11.5 Å². The number of aryl methyl sites for hydroxylation is 1. The summed E-state index contributed by atoms with van der Waals surface area (Å²) in [7, 11) is 3.10. The van der Waals surface area contributed by atoms with Crippen molar-refractivity contribution < 1.29 is 18.7 Å². The van der Waals surface area contributed by atoms with Gasteiger partial charge < -0.3 is 24.5 Å². The second-order valence-electron chi connectivity index (χ2n) is 4.84. The molecule has 6 nitrogen and oxygen atoms in total. The zero-order chi connectivity index (χ0) is 16.1. The highest BCUT2D eigenvalue weighted by atomic mass is 16.5. The Labute approximate surface area is 129 Å². The first-order valence-electron chi connectivity index (χ1n) is 6.89. The Morgan fingerprint density at radius 2 is 1.86 bits per heavy atom. The molecule has 118 valence electrons. The number of benzene rings is 1. The number of amides is 2. The fraction of sp³-hybridized carbons (Fsp3) is 0.312. The van der Waals surface area contributed by atoms with Crippen LogP contribution in [0.25, 0.3) is 0 Å². The molecule has 1 atom stereocenters. The van der Waals surface area contributed by atoms with Crippen LogP contribution in [0, 0.1) is 6.92 Å². The molecule has 0 spiro atoms. The van der Waals surface area contributed by atoms with Gasteiger partial charge in [-0.1, -0.05) is 0 Å². The van der Waals surface area contributed by atoms with Crippen molar-refractivity contribution in [2.75, 3.05) is 19.5 Å². The molecule has 1 aromatic carbocycles. The van der Waals surface area contributed by atoms with E-state index < -0.39 is 0 Å². The molecular formula is C16H20N2O4. The van der Waals surface area contributed by atoms with Crippen LogP contribution >= 0.6 is 0 Å². The lowest BCUT2D eigenvalue weighted by molar-refractivity contribution is 0.247. The minimum Gasteiger partial charge on any atom is -0.493 e. The maximum absolute atomic E-state index is 12.0. The van der Waals surface area contributed by atoms with Crippen LogP contribution in [0.1, 0.15) is 24.5 Å². The summed E-state index contributed by atoms with van der Waals surface area (Å²) in [5, 5.41) is 5.56. The normalized spacial score (nSPS) is 11.6. The van der Waals surface area contributed by atoms with Crippen LogP contribution in [-0.4, -0.2) is 20.3 Å². The third kappa shape index (κ3) is 3.72. The van der Waals surface area contributed by atoms with E-state index in [1.807, 2.05) is 26.0 Å². The second kappa shape index (κ2) is 6.89. The highest BCUT2D eigenvalue weighted by Crippen LogP contribution is 2.29. The van der Waals surface area contributed by atoms with Gasteiger partial charge in [-0.3, -0.25) is 0 Å². The monoisotopic (exact) mass is 304 g/mol. The lowest BCUT2D eigenvalue weighted by atomic mass is 10.2. The SMILES string of the molecule is COc1ccc(NC(=O)N[C@H](C)c2ccc(C)o2)cc1OC. The fourth-order valence-corrected chi connectivity index (χ4v) is 2.04. The number of rotatable bonds is 5. The molecule has 0 saturated carbocycles. The molecule has 1 aromatic heterocycles. The Hall–Kier alpha value is -2.63. The van der Waals surface area contributed by atoms with Crippen molar-refractivity contribution in [1.82, 2.24) is 5.32 Å². The van der Waals surface area contributed by atoms with Crippen LogP contribution < -0.4 is 20.1 Å². The molecule has 0 bridgehead atoms. The maximum atomic E-state index is 12.0. The molecule has 0 radical (unpaired) electrons. The third-order valence-corrected chi connectivity index (χ3v) is 3.18. The molecule has 2 amide bonds. The van der Waals surface area contributed by atoms with Gasteiger partial charge in [-0.05, 0) is 38.1 Å². The van der Waals surface area contributed by atoms with Crippen LogP contribution in [0.15, 0.2) is 34.7 Å². The van der Waals surface area contributed by atoms with E-state index in [-0.39, 0.29) is 12.1 Å². The summed E-state index contributed by atoms with van der Waals surface area (Å²) in [6.07, 6.45) is 0. The Balaban J connectivity index is 2.00. The number of methoxy groups -OCH3 is 2. The van der Waals surface area contributed by atoms with Gasteiger partial charge in [0, 0.05) is 11.8 Å². The highest BCUT2D eigenvalue weighted by molar-refractivity contribution is 5.89. The van der Waals surface area contributed by atoms with Gasteiger partial charge >= 0.3 is 6.03 Å². The van der Waals surface area contributed by atoms with E-state index in [1.54, 1.807) is 32.4 Å². The summed E-state index contributed by atoms with van der Waals surface area (Å²) in [5.74, 6) is 2.67. The first-order valence-corrected chi connectivity index (χ1v) is 6.89. The van der Waals surface area contributed by atoms with Gasteiger partial charge in [0.15, 0.2) is 11.5 Å². The molecular weight excluding hydrogens is 284 g/mol. The van der Waals surface area contributed by atoms with Gasteiger partial charge in [0.05, 0.1) is 20.3 Å². The Morgan fingerprint density at radius 3 is 2.45 bits per heavy atom. The molecule has 2 aromatic rings. The van der Waals surface area contributed by atoms with E-state index in [0.717, 1.165) is 5.76 Å². The highest BCUT2D eigenvalue weighted by Gasteiger charge is 2.13. The number of furan rings is 1. The number of urea groups is 1. The largest absolute Gasteiger partial charge is 0.493 e. The van der Waals surface area contributed by atoms with Crippen molar-refractivity contribution in [2.24, 2.45) is 0 Å². The number of hydrogen-bond donors (Lipinski definition) is 2. The molecule has 2 rings (SSSR count). The van der Waals surface area contributed by atoms with Crippen LogP contribution in [0.5, 0.6) is 11.5 Å². The summed E-state index contributed by atoms with van der Waals surface area (Å²) in [4.78, 5) is 12.0. The molecule has 0 saturated heterocycles. The number of hydrogen-bond acceptors (Lipinski definition) is 4. The van der Waals surface area contributed by atoms with Gasteiger partial charge in [-0.25, -0.2) is 4.79 Å². The number of carbonyl (C=O) groups excluding carboxylic acids is 1. The predicted molar refractivity (Wildman–Crippen MR) is 83.6 cm³/mol. The van der Waals surface area contributed by atoms with Gasteiger partial charge in [0.2, 0.25) is 0 Å². The Morgan fingerprint density at radius 1 is 1.14 bits per heavy atom. The summed E-state index contributed by atoms with van der Waals surface area (Å²) < 4.78 is 15.8. The number of carbonyl (C=O) groups is 1. The number of anilines is 1. The average Bonchev–Trinajstić information content (AvgIpc) is 2.93. The summed E-state index contributed by atoms with van der Waals surface area (Å²) >= 11 is 0.